The monoisotopic (exact) mass is 374 g/mol. The van der Waals surface area contributed by atoms with Gasteiger partial charge in [0.05, 0.1) is 25.5 Å². The molecule has 0 saturated carbocycles. The molecule has 1 aliphatic heterocycles. The van der Waals surface area contributed by atoms with Crippen LogP contribution in [0.3, 0.4) is 0 Å². The molecule has 1 aliphatic rings. The van der Waals surface area contributed by atoms with E-state index in [0.29, 0.717) is 28.3 Å². The Morgan fingerprint density at radius 1 is 0.929 bits per heavy atom. The van der Waals surface area contributed by atoms with E-state index >= 15 is 0 Å². The smallest absolute Gasteiger partial charge is 0.278 e. The normalized spacial score (nSPS) is 14.0. The molecule has 0 bridgehead atoms. The summed E-state index contributed by atoms with van der Waals surface area (Å²) < 4.78 is 10.5. The maximum atomic E-state index is 13.1. The summed E-state index contributed by atoms with van der Waals surface area (Å²) in [6.45, 7) is 0.0782. The molecule has 4 rings (SSSR count). The largest absolute Gasteiger partial charge is 0.497 e. The Kier molecular flexibility index (Phi) is 4.68. The molecule has 0 spiro atoms. The van der Waals surface area contributed by atoms with Crippen LogP contribution in [0.2, 0.25) is 0 Å². The van der Waals surface area contributed by atoms with E-state index in [1.54, 1.807) is 43.5 Å². The van der Waals surface area contributed by atoms with Crippen molar-refractivity contribution in [3.05, 3.63) is 90.0 Å². The van der Waals surface area contributed by atoms with Gasteiger partial charge in [-0.2, -0.15) is 0 Å². The molecular weight excluding hydrogens is 356 g/mol. The van der Waals surface area contributed by atoms with E-state index in [9.17, 15) is 9.59 Å². The van der Waals surface area contributed by atoms with Gasteiger partial charge >= 0.3 is 0 Å². The number of imide groups is 1. The van der Waals surface area contributed by atoms with Crippen molar-refractivity contribution in [3.63, 3.8) is 0 Å². The van der Waals surface area contributed by atoms with E-state index in [-0.39, 0.29) is 18.1 Å². The Bertz CT molecular complexity index is 1020. The average molecular weight is 374 g/mol. The number of carbonyl (C=O) groups excluding carboxylic acids is 2. The highest BCUT2D eigenvalue weighted by molar-refractivity contribution is 6.36. The van der Waals surface area contributed by atoms with Crippen molar-refractivity contribution in [3.8, 4) is 5.75 Å². The summed E-state index contributed by atoms with van der Waals surface area (Å²) in [5, 5.41) is 3.11. The fraction of sp³-hybridized carbons (Fsp3) is 0.0909. The molecule has 140 valence electrons. The SMILES string of the molecule is COc1ccc(NC2=C(c3ccccc3)C(=O)N(Cc3ccco3)C2=O)cc1. The molecule has 2 heterocycles. The lowest BCUT2D eigenvalue weighted by atomic mass is 10.0. The predicted octanol–water partition coefficient (Wildman–Crippen LogP) is 3.68. The van der Waals surface area contributed by atoms with E-state index in [4.69, 9.17) is 9.15 Å². The van der Waals surface area contributed by atoms with Gasteiger partial charge in [0.15, 0.2) is 0 Å². The summed E-state index contributed by atoms with van der Waals surface area (Å²) in [5.41, 5.74) is 1.95. The Morgan fingerprint density at radius 3 is 2.32 bits per heavy atom. The first-order valence-corrected chi connectivity index (χ1v) is 8.76. The van der Waals surface area contributed by atoms with Gasteiger partial charge in [0.25, 0.3) is 11.8 Å². The number of nitrogens with one attached hydrogen (secondary N) is 1. The van der Waals surface area contributed by atoms with E-state index in [1.165, 1.54) is 11.2 Å². The van der Waals surface area contributed by atoms with Crippen molar-refractivity contribution < 1.29 is 18.7 Å². The van der Waals surface area contributed by atoms with Crippen molar-refractivity contribution >= 4 is 23.1 Å². The zero-order chi connectivity index (χ0) is 19.5. The van der Waals surface area contributed by atoms with Gasteiger partial charge in [-0.25, -0.2) is 0 Å². The number of hydrogen-bond donors (Lipinski definition) is 1. The first-order valence-electron chi connectivity index (χ1n) is 8.76. The van der Waals surface area contributed by atoms with Crippen LogP contribution in [0.1, 0.15) is 11.3 Å². The highest BCUT2D eigenvalue weighted by atomic mass is 16.5. The van der Waals surface area contributed by atoms with E-state index in [1.807, 2.05) is 30.3 Å². The van der Waals surface area contributed by atoms with E-state index < -0.39 is 5.91 Å². The number of hydrogen-bond acceptors (Lipinski definition) is 5. The van der Waals surface area contributed by atoms with Gasteiger partial charge in [0.1, 0.15) is 17.2 Å². The fourth-order valence-electron chi connectivity index (χ4n) is 3.09. The number of ether oxygens (including phenoxy) is 1. The number of nitrogens with zero attached hydrogens (tertiary/aromatic N) is 1. The molecule has 6 nitrogen and oxygen atoms in total. The fourth-order valence-corrected chi connectivity index (χ4v) is 3.09. The minimum absolute atomic E-state index is 0.0782. The number of furan rings is 1. The second kappa shape index (κ2) is 7.44. The van der Waals surface area contributed by atoms with Crippen LogP contribution in [0.25, 0.3) is 5.57 Å². The molecule has 6 heteroatoms. The number of methoxy groups -OCH3 is 1. The van der Waals surface area contributed by atoms with Crippen LogP contribution in [0.5, 0.6) is 5.75 Å². The molecule has 0 unspecified atom stereocenters. The lowest BCUT2D eigenvalue weighted by molar-refractivity contribution is -0.137. The lowest BCUT2D eigenvalue weighted by Gasteiger charge is -2.13. The zero-order valence-corrected chi connectivity index (χ0v) is 15.2. The molecule has 2 aromatic carbocycles. The second-order valence-electron chi connectivity index (χ2n) is 6.25. The van der Waals surface area contributed by atoms with Gasteiger partial charge in [-0.05, 0) is 42.0 Å². The average Bonchev–Trinajstić information content (AvgIpc) is 3.32. The molecule has 3 aromatic rings. The van der Waals surface area contributed by atoms with Gasteiger partial charge in [0, 0.05) is 5.69 Å². The number of benzene rings is 2. The minimum atomic E-state index is -0.393. The van der Waals surface area contributed by atoms with Crippen molar-refractivity contribution in [2.75, 3.05) is 12.4 Å². The lowest BCUT2D eigenvalue weighted by Crippen LogP contribution is -2.31. The van der Waals surface area contributed by atoms with E-state index in [2.05, 4.69) is 5.32 Å². The zero-order valence-electron chi connectivity index (χ0n) is 15.2. The van der Waals surface area contributed by atoms with Crippen molar-refractivity contribution in [2.24, 2.45) is 0 Å². The number of anilines is 1. The number of amides is 2. The van der Waals surface area contributed by atoms with Crippen molar-refractivity contribution in [2.45, 2.75) is 6.54 Å². The van der Waals surface area contributed by atoms with E-state index in [0.717, 1.165) is 0 Å². The maximum Gasteiger partial charge on any atom is 0.278 e. The van der Waals surface area contributed by atoms with Crippen LogP contribution in [0.4, 0.5) is 5.69 Å². The third kappa shape index (κ3) is 3.27. The third-order valence-corrected chi connectivity index (χ3v) is 4.48. The summed E-state index contributed by atoms with van der Waals surface area (Å²) in [7, 11) is 1.59. The molecule has 0 fully saturated rings. The summed E-state index contributed by atoms with van der Waals surface area (Å²) in [5.74, 6) is 0.496. The van der Waals surface area contributed by atoms with Crippen LogP contribution in [0.15, 0.2) is 83.1 Å². The Morgan fingerprint density at radius 2 is 1.68 bits per heavy atom. The Balaban J connectivity index is 1.71. The quantitative estimate of drug-likeness (QED) is 0.667. The van der Waals surface area contributed by atoms with Crippen LogP contribution >= 0.6 is 0 Å². The molecule has 1 aromatic heterocycles. The highest BCUT2D eigenvalue weighted by Gasteiger charge is 2.39. The second-order valence-corrected chi connectivity index (χ2v) is 6.25. The third-order valence-electron chi connectivity index (χ3n) is 4.48. The van der Waals surface area contributed by atoms with Crippen LogP contribution in [-0.4, -0.2) is 23.8 Å². The summed E-state index contributed by atoms with van der Waals surface area (Å²) >= 11 is 0. The molecule has 0 radical (unpaired) electrons. The Labute approximate surface area is 162 Å². The molecule has 2 amide bonds. The molecule has 1 N–H and O–H groups in total. The van der Waals surface area contributed by atoms with Gasteiger partial charge in [0.2, 0.25) is 0 Å². The molecule has 28 heavy (non-hydrogen) atoms. The van der Waals surface area contributed by atoms with Crippen LogP contribution in [0, 0.1) is 0 Å². The van der Waals surface area contributed by atoms with Crippen LogP contribution < -0.4 is 10.1 Å². The summed E-state index contributed by atoms with van der Waals surface area (Å²) in [6, 6.07) is 19.8. The summed E-state index contributed by atoms with van der Waals surface area (Å²) in [4.78, 5) is 27.3. The highest BCUT2D eigenvalue weighted by Crippen LogP contribution is 2.31. The predicted molar refractivity (Wildman–Crippen MR) is 104 cm³/mol. The Hall–Kier alpha value is -3.80. The van der Waals surface area contributed by atoms with Gasteiger partial charge in [-0.1, -0.05) is 30.3 Å². The standard InChI is InChI=1S/C22H18N2O4/c1-27-17-11-9-16(10-12-17)23-20-19(15-6-3-2-4-7-15)21(25)24(22(20)26)14-18-8-5-13-28-18/h2-13,23H,14H2,1H3. The maximum absolute atomic E-state index is 13.1. The van der Waals surface area contributed by atoms with Gasteiger partial charge in [-0.15, -0.1) is 0 Å². The molecule has 0 aliphatic carbocycles. The first kappa shape index (κ1) is 17.6. The number of rotatable bonds is 6. The first-order chi connectivity index (χ1) is 13.7. The topological polar surface area (TPSA) is 71.8 Å². The minimum Gasteiger partial charge on any atom is -0.497 e. The van der Waals surface area contributed by atoms with Crippen LogP contribution in [-0.2, 0) is 16.1 Å². The van der Waals surface area contributed by atoms with Crippen molar-refractivity contribution in [1.82, 2.24) is 4.90 Å². The summed E-state index contributed by atoms with van der Waals surface area (Å²) in [6.07, 6.45) is 1.52. The van der Waals surface area contributed by atoms with Crippen molar-refractivity contribution in [1.29, 1.82) is 0 Å². The van der Waals surface area contributed by atoms with Gasteiger partial charge in [-0.3, -0.25) is 14.5 Å². The molecule has 0 atom stereocenters. The molecular formula is C22H18N2O4. The van der Waals surface area contributed by atoms with Gasteiger partial charge < -0.3 is 14.5 Å². The molecule has 0 saturated heterocycles. The number of carbonyl (C=O) groups is 2.